The van der Waals surface area contributed by atoms with Crippen LogP contribution in [0.4, 0.5) is 0 Å². The molecule has 1 rings (SSSR count). The first-order valence-electron chi connectivity index (χ1n) is 5.11. The Bertz CT molecular complexity index is 223. The van der Waals surface area contributed by atoms with Crippen LogP contribution in [0.1, 0.15) is 19.0 Å². The third-order valence-electron chi connectivity index (χ3n) is 2.02. The molecular formula is C10H19N3O. The molecule has 80 valence electrons. The lowest BCUT2D eigenvalue weighted by Gasteiger charge is -2.14. The van der Waals surface area contributed by atoms with E-state index in [9.17, 15) is 0 Å². The van der Waals surface area contributed by atoms with Gasteiger partial charge in [-0.3, -0.25) is 4.90 Å². The molecule has 0 bridgehead atoms. The zero-order chi connectivity index (χ0) is 10.2. The standard InChI is InChI=1S/C10H19N3O/c1-3-5-11-6-7-13(2)9-10-4-8-14-12-10/h4,8,11H,3,5-7,9H2,1-2H3. The van der Waals surface area contributed by atoms with Gasteiger partial charge >= 0.3 is 0 Å². The maximum absolute atomic E-state index is 4.77. The Morgan fingerprint density at radius 2 is 2.36 bits per heavy atom. The highest BCUT2D eigenvalue weighted by Crippen LogP contribution is 1.98. The number of hydrogen-bond donors (Lipinski definition) is 1. The van der Waals surface area contributed by atoms with Crippen LogP contribution in [0.15, 0.2) is 16.9 Å². The molecular weight excluding hydrogens is 178 g/mol. The molecule has 0 unspecified atom stereocenters. The molecule has 0 saturated carbocycles. The molecule has 4 heteroatoms. The van der Waals surface area contributed by atoms with Crippen molar-refractivity contribution in [3.63, 3.8) is 0 Å². The minimum atomic E-state index is 0.851. The summed E-state index contributed by atoms with van der Waals surface area (Å²) >= 11 is 0. The first-order valence-corrected chi connectivity index (χ1v) is 5.11. The highest BCUT2D eigenvalue weighted by molar-refractivity contribution is 4.94. The molecule has 0 aromatic carbocycles. The van der Waals surface area contributed by atoms with Crippen molar-refractivity contribution in [1.29, 1.82) is 0 Å². The number of likely N-dealkylation sites (N-methyl/N-ethyl adjacent to an activating group) is 1. The molecule has 0 radical (unpaired) electrons. The lowest BCUT2D eigenvalue weighted by atomic mass is 10.4. The van der Waals surface area contributed by atoms with Gasteiger partial charge in [0.2, 0.25) is 0 Å². The van der Waals surface area contributed by atoms with Gasteiger partial charge in [0.15, 0.2) is 0 Å². The summed E-state index contributed by atoms with van der Waals surface area (Å²) in [6, 6.07) is 1.90. The fraction of sp³-hybridized carbons (Fsp3) is 0.700. The molecule has 1 aromatic heterocycles. The molecule has 0 atom stereocenters. The molecule has 0 aliphatic carbocycles. The second-order valence-corrected chi connectivity index (χ2v) is 3.48. The lowest BCUT2D eigenvalue weighted by Crippen LogP contribution is -2.29. The van der Waals surface area contributed by atoms with Crippen LogP contribution < -0.4 is 5.32 Å². The molecule has 0 spiro atoms. The quantitative estimate of drug-likeness (QED) is 0.665. The SMILES string of the molecule is CCCNCCN(C)Cc1ccon1. The molecule has 14 heavy (non-hydrogen) atoms. The van der Waals surface area contributed by atoms with Crippen molar-refractivity contribution in [3.05, 3.63) is 18.0 Å². The van der Waals surface area contributed by atoms with Crippen LogP contribution in [0.5, 0.6) is 0 Å². The van der Waals surface area contributed by atoms with Gasteiger partial charge in [0.25, 0.3) is 0 Å². The first kappa shape index (κ1) is 11.2. The van der Waals surface area contributed by atoms with Gasteiger partial charge in [0.05, 0.1) is 5.69 Å². The molecule has 0 aliphatic rings. The number of hydrogen-bond acceptors (Lipinski definition) is 4. The summed E-state index contributed by atoms with van der Waals surface area (Å²) in [5.41, 5.74) is 0.989. The maximum Gasteiger partial charge on any atom is 0.124 e. The van der Waals surface area contributed by atoms with Gasteiger partial charge in [-0.2, -0.15) is 0 Å². The summed E-state index contributed by atoms with van der Waals surface area (Å²) in [6.45, 7) is 6.18. The predicted octanol–water partition coefficient (Wildman–Crippen LogP) is 1.11. The number of nitrogens with zero attached hydrogens (tertiary/aromatic N) is 2. The van der Waals surface area contributed by atoms with Crippen molar-refractivity contribution in [2.75, 3.05) is 26.7 Å². The molecule has 1 N–H and O–H groups in total. The lowest BCUT2D eigenvalue weighted by molar-refractivity contribution is 0.309. The van der Waals surface area contributed by atoms with Crippen molar-refractivity contribution < 1.29 is 4.52 Å². The Labute approximate surface area is 85.3 Å². The van der Waals surface area contributed by atoms with Gasteiger partial charge in [-0.05, 0) is 20.0 Å². The van der Waals surface area contributed by atoms with Crippen LogP contribution in [-0.2, 0) is 6.54 Å². The van der Waals surface area contributed by atoms with E-state index >= 15 is 0 Å². The van der Waals surface area contributed by atoms with Crippen molar-refractivity contribution in [1.82, 2.24) is 15.4 Å². The highest BCUT2D eigenvalue weighted by atomic mass is 16.5. The van der Waals surface area contributed by atoms with Gasteiger partial charge in [-0.15, -0.1) is 0 Å². The summed E-state index contributed by atoms with van der Waals surface area (Å²) in [7, 11) is 2.09. The van der Waals surface area contributed by atoms with E-state index in [1.807, 2.05) is 6.07 Å². The topological polar surface area (TPSA) is 41.3 Å². The van der Waals surface area contributed by atoms with Gasteiger partial charge in [0, 0.05) is 25.7 Å². The van der Waals surface area contributed by atoms with E-state index in [-0.39, 0.29) is 0 Å². The first-order chi connectivity index (χ1) is 6.83. The zero-order valence-electron chi connectivity index (χ0n) is 8.99. The van der Waals surface area contributed by atoms with Crippen molar-refractivity contribution in [2.45, 2.75) is 19.9 Å². The van der Waals surface area contributed by atoms with Gasteiger partial charge < -0.3 is 9.84 Å². The van der Waals surface area contributed by atoms with Crippen LogP contribution in [0.2, 0.25) is 0 Å². The van der Waals surface area contributed by atoms with E-state index in [4.69, 9.17) is 4.52 Å². The van der Waals surface area contributed by atoms with E-state index in [2.05, 4.69) is 29.3 Å². The highest BCUT2D eigenvalue weighted by Gasteiger charge is 2.01. The Kier molecular flexibility index (Phi) is 5.25. The van der Waals surface area contributed by atoms with Crippen LogP contribution in [0, 0.1) is 0 Å². The smallest absolute Gasteiger partial charge is 0.124 e. The van der Waals surface area contributed by atoms with E-state index in [1.165, 1.54) is 6.42 Å². The number of nitrogens with one attached hydrogen (secondary N) is 1. The predicted molar refractivity (Wildman–Crippen MR) is 56.0 cm³/mol. The van der Waals surface area contributed by atoms with Gasteiger partial charge in [-0.25, -0.2) is 0 Å². The van der Waals surface area contributed by atoms with Crippen LogP contribution >= 0.6 is 0 Å². The Balaban J connectivity index is 2.07. The maximum atomic E-state index is 4.77. The van der Waals surface area contributed by atoms with E-state index in [1.54, 1.807) is 6.26 Å². The summed E-state index contributed by atoms with van der Waals surface area (Å²) in [5.74, 6) is 0. The molecule has 1 heterocycles. The van der Waals surface area contributed by atoms with E-state index in [0.29, 0.717) is 0 Å². The number of rotatable bonds is 7. The third-order valence-corrected chi connectivity index (χ3v) is 2.02. The molecule has 1 aromatic rings. The Morgan fingerprint density at radius 1 is 1.50 bits per heavy atom. The summed E-state index contributed by atoms with van der Waals surface area (Å²) < 4.78 is 4.77. The minimum Gasteiger partial charge on any atom is -0.364 e. The zero-order valence-corrected chi connectivity index (χ0v) is 8.99. The molecule has 4 nitrogen and oxygen atoms in total. The van der Waals surface area contributed by atoms with Crippen molar-refractivity contribution in [2.24, 2.45) is 0 Å². The van der Waals surface area contributed by atoms with Crippen molar-refractivity contribution in [3.8, 4) is 0 Å². The Morgan fingerprint density at radius 3 is 3.00 bits per heavy atom. The normalized spacial score (nSPS) is 11.1. The van der Waals surface area contributed by atoms with Crippen molar-refractivity contribution >= 4 is 0 Å². The Hall–Kier alpha value is -0.870. The fourth-order valence-corrected chi connectivity index (χ4v) is 1.25. The molecule has 0 fully saturated rings. The average molecular weight is 197 g/mol. The summed E-state index contributed by atoms with van der Waals surface area (Å²) in [4.78, 5) is 2.22. The largest absolute Gasteiger partial charge is 0.364 e. The minimum absolute atomic E-state index is 0.851. The second-order valence-electron chi connectivity index (χ2n) is 3.48. The monoisotopic (exact) mass is 197 g/mol. The van der Waals surface area contributed by atoms with Crippen LogP contribution in [0.25, 0.3) is 0 Å². The van der Waals surface area contributed by atoms with Gasteiger partial charge in [0.1, 0.15) is 6.26 Å². The molecule has 0 amide bonds. The second kappa shape index (κ2) is 6.56. The molecule has 0 saturated heterocycles. The van der Waals surface area contributed by atoms with Crippen LogP contribution in [0.3, 0.4) is 0 Å². The summed E-state index contributed by atoms with van der Waals surface area (Å²) in [5, 5.41) is 7.22. The number of aromatic nitrogens is 1. The fourth-order valence-electron chi connectivity index (χ4n) is 1.25. The van der Waals surface area contributed by atoms with Gasteiger partial charge in [-0.1, -0.05) is 12.1 Å². The summed E-state index contributed by atoms with van der Waals surface area (Å²) in [6.07, 6.45) is 2.80. The average Bonchev–Trinajstić information content (AvgIpc) is 2.65. The van der Waals surface area contributed by atoms with E-state index < -0.39 is 0 Å². The van der Waals surface area contributed by atoms with E-state index in [0.717, 1.165) is 31.9 Å². The third kappa shape index (κ3) is 4.39. The van der Waals surface area contributed by atoms with Crippen LogP contribution in [-0.4, -0.2) is 36.7 Å². The molecule has 0 aliphatic heterocycles.